The standard InChI is InChI=1S/C20H21N3O3/c1-3-26-20(25)16-11-22-19-15(10-9-13(2)23-19)18(16)21-12-17(24)14-7-5-4-6-8-14/h4-11,17,24H,3,12H2,1-2H3,(H,21,22,23). The number of hydrogen-bond acceptors (Lipinski definition) is 6. The van der Waals surface area contributed by atoms with E-state index in [9.17, 15) is 9.90 Å². The van der Waals surface area contributed by atoms with Crippen LogP contribution in [0.2, 0.25) is 0 Å². The fraction of sp³-hybridized carbons (Fsp3) is 0.250. The molecular formula is C20H21N3O3. The Hall–Kier alpha value is -2.99. The predicted octanol–water partition coefficient (Wildman–Crippen LogP) is 3.26. The summed E-state index contributed by atoms with van der Waals surface area (Å²) in [5.74, 6) is -0.459. The van der Waals surface area contributed by atoms with Crippen molar-refractivity contribution in [3.8, 4) is 0 Å². The number of benzene rings is 1. The molecule has 2 N–H and O–H groups in total. The van der Waals surface area contributed by atoms with Crippen molar-refractivity contribution in [1.29, 1.82) is 0 Å². The molecule has 26 heavy (non-hydrogen) atoms. The molecule has 2 heterocycles. The van der Waals surface area contributed by atoms with Gasteiger partial charge in [0.15, 0.2) is 5.65 Å². The molecule has 3 aromatic rings. The number of nitrogens with zero attached hydrogens (tertiary/aromatic N) is 2. The Morgan fingerprint density at radius 2 is 2.00 bits per heavy atom. The molecule has 0 saturated carbocycles. The zero-order valence-corrected chi connectivity index (χ0v) is 14.8. The minimum absolute atomic E-state index is 0.239. The number of carbonyl (C=O) groups excluding carboxylic acids is 1. The van der Waals surface area contributed by atoms with Gasteiger partial charge in [0.05, 0.1) is 18.4 Å². The molecule has 0 bridgehead atoms. The molecule has 1 atom stereocenters. The van der Waals surface area contributed by atoms with Gasteiger partial charge in [-0.1, -0.05) is 30.3 Å². The van der Waals surface area contributed by atoms with E-state index >= 15 is 0 Å². The third-order valence-electron chi connectivity index (χ3n) is 4.02. The quantitative estimate of drug-likeness (QED) is 0.663. The zero-order chi connectivity index (χ0) is 18.5. The number of ether oxygens (including phenoxy) is 1. The van der Waals surface area contributed by atoms with Crippen LogP contribution in [0.4, 0.5) is 5.69 Å². The highest BCUT2D eigenvalue weighted by atomic mass is 16.5. The summed E-state index contributed by atoms with van der Waals surface area (Å²) in [6, 6.07) is 13.1. The van der Waals surface area contributed by atoms with Gasteiger partial charge in [-0.05, 0) is 31.5 Å². The first-order valence-electron chi connectivity index (χ1n) is 8.50. The van der Waals surface area contributed by atoms with Gasteiger partial charge in [0.1, 0.15) is 5.56 Å². The molecule has 0 fully saturated rings. The lowest BCUT2D eigenvalue weighted by molar-refractivity contribution is 0.0527. The van der Waals surface area contributed by atoms with Gasteiger partial charge in [0.2, 0.25) is 0 Å². The van der Waals surface area contributed by atoms with Crippen molar-refractivity contribution in [1.82, 2.24) is 9.97 Å². The molecule has 1 unspecified atom stereocenters. The summed E-state index contributed by atoms with van der Waals surface area (Å²) in [6.07, 6.45) is 0.747. The third-order valence-corrected chi connectivity index (χ3v) is 4.02. The maximum atomic E-state index is 12.3. The van der Waals surface area contributed by atoms with Crippen LogP contribution < -0.4 is 5.32 Å². The number of pyridine rings is 2. The van der Waals surface area contributed by atoms with Crippen molar-refractivity contribution >= 4 is 22.7 Å². The minimum atomic E-state index is -0.715. The summed E-state index contributed by atoms with van der Waals surface area (Å²) in [7, 11) is 0. The maximum Gasteiger partial charge on any atom is 0.341 e. The van der Waals surface area contributed by atoms with E-state index in [2.05, 4.69) is 15.3 Å². The zero-order valence-electron chi connectivity index (χ0n) is 14.8. The smallest absolute Gasteiger partial charge is 0.341 e. The first-order chi connectivity index (χ1) is 12.6. The van der Waals surface area contributed by atoms with Crippen molar-refractivity contribution in [2.75, 3.05) is 18.5 Å². The first-order valence-corrected chi connectivity index (χ1v) is 8.50. The number of nitrogens with one attached hydrogen (secondary N) is 1. The van der Waals surface area contributed by atoms with Crippen LogP contribution in [0.5, 0.6) is 0 Å². The summed E-state index contributed by atoms with van der Waals surface area (Å²) in [5, 5.41) is 14.3. The molecule has 0 amide bonds. The Balaban J connectivity index is 1.95. The van der Waals surface area contributed by atoms with E-state index < -0.39 is 12.1 Å². The molecule has 0 aliphatic rings. The molecule has 0 aliphatic heterocycles. The van der Waals surface area contributed by atoms with Crippen molar-refractivity contribution in [3.63, 3.8) is 0 Å². The lowest BCUT2D eigenvalue weighted by atomic mass is 10.1. The van der Waals surface area contributed by atoms with Crippen LogP contribution in [0, 0.1) is 6.92 Å². The fourth-order valence-corrected chi connectivity index (χ4v) is 2.72. The van der Waals surface area contributed by atoms with E-state index in [4.69, 9.17) is 4.74 Å². The highest BCUT2D eigenvalue weighted by Crippen LogP contribution is 2.27. The number of hydrogen-bond donors (Lipinski definition) is 2. The molecule has 2 aromatic heterocycles. The fourth-order valence-electron chi connectivity index (χ4n) is 2.72. The Morgan fingerprint density at radius 1 is 1.23 bits per heavy atom. The number of esters is 1. The number of fused-ring (bicyclic) bond motifs is 1. The highest BCUT2D eigenvalue weighted by molar-refractivity contribution is 6.04. The van der Waals surface area contributed by atoms with E-state index in [1.807, 2.05) is 49.4 Å². The van der Waals surface area contributed by atoms with Crippen molar-refractivity contribution in [2.24, 2.45) is 0 Å². The number of carbonyl (C=O) groups is 1. The molecule has 0 spiro atoms. The van der Waals surface area contributed by atoms with Gasteiger partial charge in [-0.25, -0.2) is 14.8 Å². The van der Waals surface area contributed by atoms with E-state index in [1.54, 1.807) is 6.92 Å². The molecule has 3 rings (SSSR count). The summed E-state index contributed by atoms with van der Waals surface area (Å²) < 4.78 is 5.13. The van der Waals surface area contributed by atoms with Crippen molar-refractivity contribution in [3.05, 3.63) is 65.5 Å². The van der Waals surface area contributed by atoms with Crippen LogP contribution in [0.25, 0.3) is 11.0 Å². The minimum Gasteiger partial charge on any atom is -0.462 e. The average molecular weight is 351 g/mol. The average Bonchev–Trinajstić information content (AvgIpc) is 2.66. The van der Waals surface area contributed by atoms with Crippen molar-refractivity contribution < 1.29 is 14.6 Å². The largest absolute Gasteiger partial charge is 0.462 e. The number of rotatable bonds is 6. The van der Waals surface area contributed by atoms with Crippen LogP contribution in [0.3, 0.4) is 0 Å². The number of aliphatic hydroxyl groups excluding tert-OH is 1. The van der Waals surface area contributed by atoms with Crippen LogP contribution in [0.1, 0.15) is 34.6 Å². The second-order valence-corrected chi connectivity index (χ2v) is 5.90. The SMILES string of the molecule is CCOC(=O)c1cnc2nc(C)ccc2c1NCC(O)c1ccccc1. The molecule has 6 nitrogen and oxygen atoms in total. The number of aliphatic hydroxyl groups is 1. The summed E-state index contributed by atoms with van der Waals surface area (Å²) in [5.41, 5.74) is 3.06. The lowest BCUT2D eigenvalue weighted by Gasteiger charge is -2.17. The topological polar surface area (TPSA) is 84.3 Å². The second-order valence-electron chi connectivity index (χ2n) is 5.90. The van der Waals surface area contributed by atoms with Gasteiger partial charge >= 0.3 is 5.97 Å². The Labute approximate surface area is 151 Å². The molecule has 6 heteroatoms. The molecule has 134 valence electrons. The van der Waals surface area contributed by atoms with E-state index in [0.29, 0.717) is 22.3 Å². The summed E-state index contributed by atoms with van der Waals surface area (Å²) in [4.78, 5) is 21.0. The van der Waals surface area contributed by atoms with Crippen LogP contribution >= 0.6 is 0 Å². The van der Waals surface area contributed by atoms with E-state index in [0.717, 1.165) is 11.3 Å². The van der Waals surface area contributed by atoms with Crippen LogP contribution in [0.15, 0.2) is 48.7 Å². The molecule has 0 aliphatic carbocycles. The van der Waals surface area contributed by atoms with Crippen LogP contribution in [-0.4, -0.2) is 34.2 Å². The normalized spacial score (nSPS) is 12.0. The molecular weight excluding hydrogens is 330 g/mol. The second kappa shape index (κ2) is 7.93. The monoisotopic (exact) mass is 351 g/mol. The van der Waals surface area contributed by atoms with Crippen LogP contribution in [-0.2, 0) is 4.74 Å². The predicted molar refractivity (Wildman–Crippen MR) is 100 cm³/mol. The number of anilines is 1. The van der Waals surface area contributed by atoms with Gasteiger partial charge in [0, 0.05) is 23.8 Å². The molecule has 1 aromatic carbocycles. The summed E-state index contributed by atoms with van der Waals surface area (Å²) in [6.45, 7) is 4.15. The Bertz CT molecular complexity index is 913. The van der Waals surface area contributed by atoms with Crippen molar-refractivity contribution in [2.45, 2.75) is 20.0 Å². The summed E-state index contributed by atoms with van der Waals surface area (Å²) >= 11 is 0. The number of aromatic nitrogens is 2. The maximum absolute atomic E-state index is 12.3. The third kappa shape index (κ3) is 3.81. The number of aryl methyl sites for hydroxylation is 1. The van der Waals surface area contributed by atoms with Gasteiger partial charge in [-0.2, -0.15) is 0 Å². The van der Waals surface area contributed by atoms with E-state index in [1.165, 1.54) is 6.20 Å². The van der Waals surface area contributed by atoms with Gasteiger partial charge in [-0.3, -0.25) is 0 Å². The first kappa shape index (κ1) is 17.8. The molecule has 0 saturated heterocycles. The van der Waals surface area contributed by atoms with Gasteiger partial charge < -0.3 is 15.2 Å². The molecule has 0 radical (unpaired) electrons. The van der Waals surface area contributed by atoms with E-state index in [-0.39, 0.29) is 13.2 Å². The lowest BCUT2D eigenvalue weighted by Crippen LogP contribution is -2.16. The highest BCUT2D eigenvalue weighted by Gasteiger charge is 2.18. The van der Waals surface area contributed by atoms with Gasteiger partial charge in [-0.15, -0.1) is 0 Å². The Kier molecular flexibility index (Phi) is 5.43. The Morgan fingerprint density at radius 3 is 2.73 bits per heavy atom. The van der Waals surface area contributed by atoms with Gasteiger partial charge in [0.25, 0.3) is 0 Å².